The Hall–Kier alpha value is -2.24. The second kappa shape index (κ2) is 5.40. The van der Waals surface area contributed by atoms with Gasteiger partial charge < -0.3 is 11.1 Å². The van der Waals surface area contributed by atoms with Crippen molar-refractivity contribution >= 4 is 11.8 Å². The lowest BCUT2D eigenvalue weighted by atomic mass is 9.96. The molecule has 0 aliphatic heterocycles. The number of rotatable bonds is 3. The molecule has 3 N–H and O–H groups in total. The standard InChI is InChI=1S/C14H18N6/c1-9-6-17-10(7-16-9)8-18-13-11-4-2-3-5-12(11)19-14(15)20-13/h6-7H,2-5,8H2,1H3,(H3,15,18,19,20). The van der Waals surface area contributed by atoms with E-state index in [4.69, 9.17) is 5.73 Å². The Kier molecular flexibility index (Phi) is 3.45. The number of hydrogen-bond acceptors (Lipinski definition) is 6. The van der Waals surface area contributed by atoms with Gasteiger partial charge in [0.1, 0.15) is 5.82 Å². The number of fused-ring (bicyclic) bond motifs is 1. The van der Waals surface area contributed by atoms with Crippen molar-refractivity contribution in [3.63, 3.8) is 0 Å². The van der Waals surface area contributed by atoms with E-state index in [0.29, 0.717) is 12.5 Å². The molecule has 0 atom stereocenters. The number of nitrogens with one attached hydrogen (secondary N) is 1. The SMILES string of the molecule is Cc1cnc(CNc2nc(N)nc3c2CCCC3)cn1. The molecule has 0 fully saturated rings. The lowest BCUT2D eigenvalue weighted by molar-refractivity contribution is 0.665. The van der Waals surface area contributed by atoms with Gasteiger partial charge in [0, 0.05) is 11.8 Å². The Bertz CT molecular complexity index is 608. The zero-order chi connectivity index (χ0) is 13.9. The molecule has 0 amide bonds. The van der Waals surface area contributed by atoms with Gasteiger partial charge in [-0.3, -0.25) is 9.97 Å². The molecular weight excluding hydrogens is 252 g/mol. The van der Waals surface area contributed by atoms with Gasteiger partial charge in [-0.1, -0.05) is 0 Å². The molecule has 2 aromatic rings. The zero-order valence-corrected chi connectivity index (χ0v) is 11.6. The highest BCUT2D eigenvalue weighted by Crippen LogP contribution is 2.26. The summed E-state index contributed by atoms with van der Waals surface area (Å²) in [6, 6.07) is 0. The highest BCUT2D eigenvalue weighted by atomic mass is 15.1. The molecule has 0 aromatic carbocycles. The van der Waals surface area contributed by atoms with Gasteiger partial charge in [-0.05, 0) is 32.6 Å². The fourth-order valence-electron chi connectivity index (χ4n) is 2.44. The highest BCUT2D eigenvalue weighted by molar-refractivity contribution is 5.50. The van der Waals surface area contributed by atoms with Crippen molar-refractivity contribution in [1.82, 2.24) is 19.9 Å². The normalized spacial score (nSPS) is 13.8. The quantitative estimate of drug-likeness (QED) is 0.881. The molecule has 104 valence electrons. The van der Waals surface area contributed by atoms with Crippen LogP contribution in [0.3, 0.4) is 0 Å². The van der Waals surface area contributed by atoms with Crippen LogP contribution in [0.25, 0.3) is 0 Å². The molecule has 6 heteroatoms. The van der Waals surface area contributed by atoms with E-state index in [0.717, 1.165) is 35.7 Å². The average Bonchev–Trinajstić information content (AvgIpc) is 2.46. The van der Waals surface area contributed by atoms with E-state index in [-0.39, 0.29) is 0 Å². The van der Waals surface area contributed by atoms with Gasteiger partial charge in [0.2, 0.25) is 5.95 Å². The summed E-state index contributed by atoms with van der Waals surface area (Å²) in [7, 11) is 0. The van der Waals surface area contributed by atoms with Gasteiger partial charge in [0.15, 0.2) is 0 Å². The van der Waals surface area contributed by atoms with Crippen molar-refractivity contribution in [3.8, 4) is 0 Å². The lowest BCUT2D eigenvalue weighted by Gasteiger charge is -2.18. The third-order valence-corrected chi connectivity index (χ3v) is 3.47. The molecule has 6 nitrogen and oxygen atoms in total. The Labute approximate surface area is 117 Å². The van der Waals surface area contributed by atoms with Crippen LogP contribution in [0.5, 0.6) is 0 Å². The first-order valence-corrected chi connectivity index (χ1v) is 6.89. The average molecular weight is 270 g/mol. The molecule has 2 aromatic heterocycles. The Morgan fingerprint density at radius 2 is 2.00 bits per heavy atom. The topological polar surface area (TPSA) is 89.6 Å². The van der Waals surface area contributed by atoms with E-state index in [1.807, 2.05) is 6.92 Å². The minimum atomic E-state index is 0.336. The van der Waals surface area contributed by atoms with Crippen LogP contribution in [0.4, 0.5) is 11.8 Å². The molecule has 0 saturated carbocycles. The molecular formula is C14H18N6. The predicted molar refractivity (Wildman–Crippen MR) is 77.2 cm³/mol. The van der Waals surface area contributed by atoms with Gasteiger partial charge >= 0.3 is 0 Å². The van der Waals surface area contributed by atoms with Crippen molar-refractivity contribution in [2.75, 3.05) is 11.1 Å². The number of aromatic nitrogens is 4. The van der Waals surface area contributed by atoms with Crippen LogP contribution in [-0.4, -0.2) is 19.9 Å². The molecule has 0 unspecified atom stereocenters. The molecule has 2 heterocycles. The maximum Gasteiger partial charge on any atom is 0.222 e. The van der Waals surface area contributed by atoms with E-state index in [9.17, 15) is 0 Å². The fraction of sp³-hybridized carbons (Fsp3) is 0.429. The summed E-state index contributed by atoms with van der Waals surface area (Å²) in [4.78, 5) is 17.2. The smallest absolute Gasteiger partial charge is 0.222 e. The van der Waals surface area contributed by atoms with E-state index in [1.54, 1.807) is 12.4 Å². The molecule has 20 heavy (non-hydrogen) atoms. The van der Waals surface area contributed by atoms with Crippen LogP contribution in [0.1, 0.15) is 35.5 Å². The van der Waals surface area contributed by atoms with Crippen LogP contribution in [0.15, 0.2) is 12.4 Å². The highest BCUT2D eigenvalue weighted by Gasteiger charge is 2.16. The summed E-state index contributed by atoms with van der Waals surface area (Å²) in [5.74, 6) is 1.18. The Morgan fingerprint density at radius 1 is 1.15 bits per heavy atom. The van der Waals surface area contributed by atoms with Gasteiger partial charge in [-0.25, -0.2) is 4.98 Å². The molecule has 0 radical (unpaired) electrons. The summed E-state index contributed by atoms with van der Waals surface area (Å²) in [5, 5.41) is 3.32. The lowest BCUT2D eigenvalue weighted by Crippen LogP contribution is -2.14. The van der Waals surface area contributed by atoms with Crippen molar-refractivity contribution in [2.45, 2.75) is 39.2 Å². The van der Waals surface area contributed by atoms with Crippen LogP contribution < -0.4 is 11.1 Å². The number of anilines is 2. The van der Waals surface area contributed by atoms with Crippen molar-refractivity contribution in [2.24, 2.45) is 0 Å². The van der Waals surface area contributed by atoms with E-state index < -0.39 is 0 Å². The largest absolute Gasteiger partial charge is 0.368 e. The van der Waals surface area contributed by atoms with Crippen molar-refractivity contribution in [1.29, 1.82) is 0 Å². The minimum absolute atomic E-state index is 0.336. The van der Waals surface area contributed by atoms with Gasteiger partial charge in [-0.2, -0.15) is 4.98 Å². The number of hydrogen-bond donors (Lipinski definition) is 2. The van der Waals surface area contributed by atoms with E-state index in [2.05, 4.69) is 25.3 Å². The summed E-state index contributed by atoms with van der Waals surface area (Å²) in [6.07, 6.45) is 7.89. The predicted octanol–water partition coefficient (Wildman–Crippen LogP) is 1.65. The first-order valence-electron chi connectivity index (χ1n) is 6.89. The summed E-state index contributed by atoms with van der Waals surface area (Å²) < 4.78 is 0. The Balaban J connectivity index is 1.80. The molecule has 0 spiro atoms. The number of nitrogen functional groups attached to an aromatic ring is 1. The van der Waals surface area contributed by atoms with Gasteiger partial charge in [0.25, 0.3) is 0 Å². The summed E-state index contributed by atoms with van der Waals surface area (Å²) >= 11 is 0. The minimum Gasteiger partial charge on any atom is -0.368 e. The molecule has 1 aliphatic rings. The molecule has 1 aliphatic carbocycles. The second-order valence-electron chi connectivity index (χ2n) is 5.07. The number of nitrogens with two attached hydrogens (primary N) is 1. The summed E-state index contributed by atoms with van der Waals surface area (Å²) in [5.41, 5.74) is 9.87. The first kappa shape index (κ1) is 12.8. The van der Waals surface area contributed by atoms with Crippen LogP contribution in [0.2, 0.25) is 0 Å². The maximum absolute atomic E-state index is 5.78. The van der Waals surface area contributed by atoms with Gasteiger partial charge in [0.05, 0.1) is 29.8 Å². The number of nitrogens with zero attached hydrogens (tertiary/aromatic N) is 4. The second-order valence-corrected chi connectivity index (χ2v) is 5.07. The molecule has 0 bridgehead atoms. The first-order chi connectivity index (χ1) is 9.72. The Morgan fingerprint density at radius 3 is 2.80 bits per heavy atom. The van der Waals surface area contributed by atoms with Crippen molar-refractivity contribution < 1.29 is 0 Å². The van der Waals surface area contributed by atoms with E-state index >= 15 is 0 Å². The number of aryl methyl sites for hydroxylation is 2. The van der Waals surface area contributed by atoms with Gasteiger partial charge in [-0.15, -0.1) is 0 Å². The van der Waals surface area contributed by atoms with Crippen LogP contribution in [-0.2, 0) is 19.4 Å². The van der Waals surface area contributed by atoms with E-state index in [1.165, 1.54) is 18.4 Å². The maximum atomic E-state index is 5.78. The molecule has 3 rings (SSSR count). The molecule has 0 saturated heterocycles. The fourth-order valence-corrected chi connectivity index (χ4v) is 2.44. The third-order valence-electron chi connectivity index (χ3n) is 3.47. The monoisotopic (exact) mass is 270 g/mol. The van der Waals surface area contributed by atoms with Crippen LogP contribution in [0, 0.1) is 6.92 Å². The zero-order valence-electron chi connectivity index (χ0n) is 11.6. The van der Waals surface area contributed by atoms with Crippen molar-refractivity contribution in [3.05, 3.63) is 35.0 Å². The third kappa shape index (κ3) is 2.68. The summed E-state index contributed by atoms with van der Waals surface area (Å²) in [6.45, 7) is 2.52. The van der Waals surface area contributed by atoms with Crippen LogP contribution >= 0.6 is 0 Å².